The number of para-hydroxylation sites is 1. The van der Waals surface area contributed by atoms with E-state index >= 15 is 0 Å². The minimum atomic E-state index is 0.263. The number of rotatable bonds is 1. The van der Waals surface area contributed by atoms with Crippen LogP contribution in [0.25, 0.3) is 0 Å². The monoisotopic (exact) mass is 390 g/mol. The van der Waals surface area contributed by atoms with Gasteiger partial charge in [0.05, 0.1) is 0 Å². The van der Waals surface area contributed by atoms with Crippen LogP contribution in [0.5, 0.6) is 0 Å². The molecule has 2 nitrogen and oxygen atoms in total. The van der Waals surface area contributed by atoms with Gasteiger partial charge in [-0.05, 0) is 71.8 Å². The molecule has 0 aromatic heterocycles. The standard InChI is InChI=1S/C18H19IN2/c1-13-18(16-4-2-3-5-17(16)20-13)10-11-21(12-18)15-8-6-14(19)7-9-15/h2-9,13,20H,10-12H2,1H3/t13-,18-/m1/s1. The Morgan fingerprint density at radius 2 is 1.90 bits per heavy atom. The van der Waals surface area contributed by atoms with Gasteiger partial charge in [0.2, 0.25) is 0 Å². The topological polar surface area (TPSA) is 15.3 Å². The number of hydrogen-bond acceptors (Lipinski definition) is 2. The SMILES string of the molecule is C[C@H]1Nc2ccccc2[C@@]12CCN(c1ccc(I)cc1)C2. The first-order valence-corrected chi connectivity index (χ1v) is 8.63. The highest BCUT2D eigenvalue weighted by atomic mass is 127. The average molecular weight is 390 g/mol. The molecule has 1 fully saturated rings. The van der Waals surface area contributed by atoms with Gasteiger partial charge in [-0.1, -0.05) is 18.2 Å². The van der Waals surface area contributed by atoms with E-state index in [0.29, 0.717) is 6.04 Å². The maximum atomic E-state index is 3.68. The molecule has 2 heterocycles. The van der Waals surface area contributed by atoms with Gasteiger partial charge in [-0.2, -0.15) is 0 Å². The molecular weight excluding hydrogens is 371 g/mol. The largest absolute Gasteiger partial charge is 0.381 e. The van der Waals surface area contributed by atoms with Crippen molar-refractivity contribution < 1.29 is 0 Å². The molecule has 3 heteroatoms. The van der Waals surface area contributed by atoms with Crippen molar-refractivity contribution in [1.29, 1.82) is 0 Å². The van der Waals surface area contributed by atoms with Crippen LogP contribution in [-0.2, 0) is 5.41 Å². The number of hydrogen-bond donors (Lipinski definition) is 1. The lowest BCUT2D eigenvalue weighted by molar-refractivity contribution is 0.443. The zero-order valence-corrected chi connectivity index (χ0v) is 14.3. The summed E-state index contributed by atoms with van der Waals surface area (Å²) in [6, 6.07) is 18.2. The molecule has 0 unspecified atom stereocenters. The van der Waals surface area contributed by atoms with E-state index in [-0.39, 0.29) is 5.41 Å². The Balaban J connectivity index is 1.68. The predicted octanol–water partition coefficient (Wildman–Crippen LogP) is 4.25. The summed E-state index contributed by atoms with van der Waals surface area (Å²) >= 11 is 2.37. The van der Waals surface area contributed by atoms with Crippen LogP contribution in [0.1, 0.15) is 18.9 Å². The molecule has 0 bridgehead atoms. The smallest absolute Gasteiger partial charge is 0.0382 e. The van der Waals surface area contributed by atoms with Crippen LogP contribution in [-0.4, -0.2) is 19.1 Å². The van der Waals surface area contributed by atoms with Crippen molar-refractivity contribution in [3.8, 4) is 0 Å². The van der Waals surface area contributed by atoms with Crippen molar-refractivity contribution in [2.24, 2.45) is 0 Å². The van der Waals surface area contributed by atoms with Crippen LogP contribution in [0.4, 0.5) is 11.4 Å². The first kappa shape index (κ1) is 13.4. The second-order valence-corrected chi connectivity index (χ2v) is 7.46. The maximum absolute atomic E-state index is 3.68. The number of benzene rings is 2. The van der Waals surface area contributed by atoms with Crippen molar-refractivity contribution in [2.75, 3.05) is 23.3 Å². The third-order valence-corrected chi connectivity index (χ3v) is 5.88. The molecule has 0 amide bonds. The molecule has 2 aromatic rings. The van der Waals surface area contributed by atoms with Gasteiger partial charge < -0.3 is 10.2 Å². The van der Waals surface area contributed by atoms with Crippen LogP contribution in [0.15, 0.2) is 48.5 Å². The van der Waals surface area contributed by atoms with Crippen molar-refractivity contribution in [1.82, 2.24) is 0 Å². The molecule has 2 atom stereocenters. The van der Waals surface area contributed by atoms with E-state index in [1.807, 2.05) is 0 Å². The summed E-state index contributed by atoms with van der Waals surface area (Å²) in [5.41, 5.74) is 4.45. The third-order valence-electron chi connectivity index (χ3n) is 5.16. The van der Waals surface area contributed by atoms with Gasteiger partial charge in [-0.25, -0.2) is 0 Å². The molecule has 0 radical (unpaired) electrons. The first-order valence-electron chi connectivity index (χ1n) is 7.56. The summed E-state index contributed by atoms with van der Waals surface area (Å²) in [4.78, 5) is 2.54. The Bertz CT molecular complexity index is 667. The fraction of sp³-hybridized carbons (Fsp3) is 0.333. The highest BCUT2D eigenvalue weighted by Crippen LogP contribution is 2.47. The minimum Gasteiger partial charge on any atom is -0.381 e. The number of nitrogens with zero attached hydrogens (tertiary/aromatic N) is 1. The zero-order valence-electron chi connectivity index (χ0n) is 12.1. The van der Waals surface area contributed by atoms with Crippen LogP contribution >= 0.6 is 22.6 Å². The van der Waals surface area contributed by atoms with Gasteiger partial charge in [0.25, 0.3) is 0 Å². The highest BCUT2D eigenvalue weighted by molar-refractivity contribution is 14.1. The van der Waals surface area contributed by atoms with Gasteiger partial charge >= 0.3 is 0 Å². The molecule has 1 N–H and O–H groups in total. The summed E-state index contributed by atoms with van der Waals surface area (Å²) < 4.78 is 1.30. The van der Waals surface area contributed by atoms with Gasteiger partial charge in [0.1, 0.15) is 0 Å². The van der Waals surface area contributed by atoms with E-state index in [1.165, 1.54) is 26.9 Å². The summed E-state index contributed by atoms with van der Waals surface area (Å²) in [5.74, 6) is 0. The molecular formula is C18H19IN2. The van der Waals surface area contributed by atoms with Crippen LogP contribution < -0.4 is 10.2 Å². The number of nitrogens with one attached hydrogen (secondary N) is 1. The summed E-state index contributed by atoms with van der Waals surface area (Å²) in [7, 11) is 0. The fourth-order valence-corrected chi connectivity index (χ4v) is 4.29. The minimum absolute atomic E-state index is 0.263. The van der Waals surface area contributed by atoms with Gasteiger partial charge in [0.15, 0.2) is 0 Å². The van der Waals surface area contributed by atoms with E-state index < -0.39 is 0 Å². The summed E-state index contributed by atoms with van der Waals surface area (Å²) in [6.45, 7) is 4.58. The Kier molecular flexibility index (Phi) is 3.14. The Hall–Kier alpha value is -1.23. The van der Waals surface area contributed by atoms with Crippen LogP contribution in [0, 0.1) is 3.57 Å². The van der Waals surface area contributed by atoms with E-state index in [9.17, 15) is 0 Å². The molecule has 2 aliphatic heterocycles. The Labute approximate surface area is 139 Å². The van der Waals surface area contributed by atoms with Crippen molar-refractivity contribution in [3.05, 3.63) is 57.7 Å². The molecule has 108 valence electrons. The zero-order chi connectivity index (χ0) is 14.4. The molecule has 4 rings (SSSR count). The van der Waals surface area contributed by atoms with Gasteiger partial charge in [0, 0.05) is 39.5 Å². The predicted molar refractivity (Wildman–Crippen MR) is 97.2 cm³/mol. The number of anilines is 2. The lowest BCUT2D eigenvalue weighted by atomic mass is 9.76. The van der Waals surface area contributed by atoms with E-state index in [2.05, 4.69) is 88.3 Å². The maximum Gasteiger partial charge on any atom is 0.0382 e. The van der Waals surface area contributed by atoms with Gasteiger partial charge in [-0.3, -0.25) is 0 Å². The molecule has 1 spiro atoms. The second-order valence-electron chi connectivity index (χ2n) is 6.22. The van der Waals surface area contributed by atoms with Crippen LogP contribution in [0.2, 0.25) is 0 Å². The molecule has 0 saturated carbocycles. The fourth-order valence-electron chi connectivity index (χ4n) is 3.93. The number of halogens is 1. The highest BCUT2D eigenvalue weighted by Gasteiger charge is 2.48. The van der Waals surface area contributed by atoms with Crippen LogP contribution in [0.3, 0.4) is 0 Å². The molecule has 2 aromatic carbocycles. The van der Waals surface area contributed by atoms with Crippen molar-refractivity contribution in [2.45, 2.75) is 24.8 Å². The van der Waals surface area contributed by atoms with Crippen molar-refractivity contribution >= 4 is 34.0 Å². The lowest BCUT2D eigenvalue weighted by Gasteiger charge is -2.30. The summed E-state index contributed by atoms with van der Waals surface area (Å²) in [5, 5.41) is 3.68. The number of fused-ring (bicyclic) bond motifs is 2. The quantitative estimate of drug-likeness (QED) is 0.733. The third kappa shape index (κ3) is 2.05. The molecule has 2 aliphatic rings. The normalized spacial score (nSPS) is 27.0. The molecule has 1 saturated heterocycles. The average Bonchev–Trinajstić information content (AvgIpc) is 3.05. The van der Waals surface area contributed by atoms with E-state index in [1.54, 1.807) is 0 Å². The van der Waals surface area contributed by atoms with E-state index in [0.717, 1.165) is 13.1 Å². The molecule has 0 aliphatic carbocycles. The lowest BCUT2D eigenvalue weighted by Crippen LogP contribution is -2.39. The Morgan fingerprint density at radius 1 is 1.14 bits per heavy atom. The summed E-state index contributed by atoms with van der Waals surface area (Å²) in [6.07, 6.45) is 1.23. The molecule has 21 heavy (non-hydrogen) atoms. The van der Waals surface area contributed by atoms with E-state index in [4.69, 9.17) is 0 Å². The second kappa shape index (κ2) is 4.90. The Morgan fingerprint density at radius 3 is 2.71 bits per heavy atom. The van der Waals surface area contributed by atoms with Gasteiger partial charge in [-0.15, -0.1) is 0 Å². The van der Waals surface area contributed by atoms with Crippen molar-refractivity contribution in [3.63, 3.8) is 0 Å². The first-order chi connectivity index (χ1) is 10.2.